The van der Waals surface area contributed by atoms with Gasteiger partial charge in [0, 0.05) is 50.5 Å². The second-order valence-electron chi connectivity index (χ2n) is 7.02. The molecule has 0 radical (unpaired) electrons. The fourth-order valence-electron chi connectivity index (χ4n) is 3.53. The lowest BCUT2D eigenvalue weighted by molar-refractivity contribution is 0.0705. The number of carbonyl (C=O) groups is 1. The van der Waals surface area contributed by atoms with Crippen LogP contribution in [0.3, 0.4) is 0 Å². The zero-order chi connectivity index (χ0) is 21.1. The summed E-state index contributed by atoms with van der Waals surface area (Å²) in [6, 6.07) is 3.86. The highest BCUT2D eigenvalue weighted by atomic mass is 32.2. The van der Waals surface area contributed by atoms with E-state index >= 15 is 0 Å². The van der Waals surface area contributed by atoms with Crippen LogP contribution >= 0.6 is 0 Å². The molecule has 2 aromatic rings. The van der Waals surface area contributed by atoms with Crippen molar-refractivity contribution in [3.05, 3.63) is 60.2 Å². The van der Waals surface area contributed by atoms with Crippen molar-refractivity contribution < 1.29 is 18.4 Å². The van der Waals surface area contributed by atoms with E-state index in [1.807, 2.05) is 35.4 Å². The third kappa shape index (κ3) is 3.99. The first-order valence-electron chi connectivity index (χ1n) is 9.51. The van der Waals surface area contributed by atoms with Gasteiger partial charge in [-0.05, 0) is 24.1 Å². The Morgan fingerprint density at radius 1 is 1.20 bits per heavy atom. The summed E-state index contributed by atoms with van der Waals surface area (Å²) in [4.78, 5) is 24.6. The van der Waals surface area contributed by atoms with Gasteiger partial charge in [-0.3, -0.25) is 10.0 Å². The first-order chi connectivity index (χ1) is 14.5. The summed E-state index contributed by atoms with van der Waals surface area (Å²) in [6.45, 7) is 1.57. The summed E-state index contributed by atoms with van der Waals surface area (Å²) in [5, 5.41) is 8.07. The second-order valence-corrected chi connectivity index (χ2v) is 9.17. The van der Waals surface area contributed by atoms with E-state index in [0.717, 1.165) is 11.3 Å². The first kappa shape index (κ1) is 20.3. The van der Waals surface area contributed by atoms with E-state index in [1.54, 1.807) is 6.08 Å². The van der Waals surface area contributed by atoms with Crippen molar-refractivity contribution in [1.82, 2.24) is 24.7 Å². The molecule has 30 heavy (non-hydrogen) atoms. The Kier molecular flexibility index (Phi) is 5.66. The fraction of sp³-hybridized carbons (Fsp3) is 0.316. The van der Waals surface area contributed by atoms with Crippen LogP contribution < -0.4 is 10.4 Å². The molecule has 1 aliphatic carbocycles. The summed E-state index contributed by atoms with van der Waals surface area (Å²) in [5.74, 6) is -0.274. The number of rotatable bonds is 5. The Balaban J connectivity index is 1.37. The van der Waals surface area contributed by atoms with Gasteiger partial charge < -0.3 is 9.88 Å². The summed E-state index contributed by atoms with van der Waals surface area (Å²) in [5.41, 5.74) is 3.63. The van der Waals surface area contributed by atoms with E-state index in [-0.39, 0.29) is 5.56 Å². The lowest BCUT2D eigenvalue weighted by Crippen LogP contribution is -2.51. The molecular formula is C19H22N6O4S. The standard InChI is InChI=1S/C19H22N6O4S/c26-18(23-27)15-12-21-19(22-13-15)24-8-10-25(11-9-24)30(28,29)16-5-3-14(4-6-16)17-2-1-7-20-17/h1-5,7,12-13,16,20,27H,6,8-11H2,(H,23,26). The average molecular weight is 430 g/mol. The van der Waals surface area contributed by atoms with E-state index in [0.29, 0.717) is 38.5 Å². The molecule has 158 valence electrons. The van der Waals surface area contributed by atoms with Gasteiger partial charge in [0.2, 0.25) is 16.0 Å². The van der Waals surface area contributed by atoms with Crippen molar-refractivity contribution in [3.8, 4) is 0 Å². The Hall–Kier alpha value is -3.02. The van der Waals surface area contributed by atoms with Gasteiger partial charge in [0.05, 0.1) is 10.8 Å². The minimum absolute atomic E-state index is 0.137. The van der Waals surface area contributed by atoms with Gasteiger partial charge in [0.15, 0.2) is 0 Å². The van der Waals surface area contributed by atoms with E-state index in [2.05, 4.69) is 15.0 Å². The number of hydrogen-bond donors (Lipinski definition) is 3. The molecule has 1 amide bonds. The predicted octanol–water partition coefficient (Wildman–Crippen LogP) is 0.788. The highest BCUT2D eigenvalue weighted by molar-refractivity contribution is 7.89. The molecule has 10 nitrogen and oxygen atoms in total. The Labute approximate surface area is 174 Å². The van der Waals surface area contributed by atoms with Gasteiger partial charge in [-0.15, -0.1) is 0 Å². The molecule has 1 fully saturated rings. The highest BCUT2D eigenvalue weighted by Crippen LogP contribution is 2.26. The monoisotopic (exact) mass is 430 g/mol. The summed E-state index contributed by atoms with van der Waals surface area (Å²) in [7, 11) is -3.46. The predicted molar refractivity (Wildman–Crippen MR) is 110 cm³/mol. The number of nitrogens with zero attached hydrogens (tertiary/aromatic N) is 4. The maximum absolute atomic E-state index is 13.0. The third-order valence-electron chi connectivity index (χ3n) is 5.24. The van der Waals surface area contributed by atoms with Crippen molar-refractivity contribution in [2.24, 2.45) is 0 Å². The molecule has 1 atom stereocenters. The molecule has 0 aromatic carbocycles. The molecule has 0 bridgehead atoms. The summed E-state index contributed by atoms with van der Waals surface area (Å²) >= 11 is 0. The molecule has 4 rings (SSSR count). The highest BCUT2D eigenvalue weighted by Gasteiger charge is 2.33. The van der Waals surface area contributed by atoms with E-state index in [4.69, 9.17) is 5.21 Å². The largest absolute Gasteiger partial charge is 0.361 e. The second kappa shape index (κ2) is 8.38. The van der Waals surface area contributed by atoms with Gasteiger partial charge in [-0.1, -0.05) is 18.2 Å². The fourth-order valence-corrected chi connectivity index (χ4v) is 5.20. The number of aromatic nitrogens is 3. The number of hydroxylamine groups is 1. The van der Waals surface area contributed by atoms with Crippen molar-refractivity contribution >= 4 is 27.5 Å². The van der Waals surface area contributed by atoms with Crippen LogP contribution in [-0.4, -0.2) is 70.2 Å². The zero-order valence-electron chi connectivity index (χ0n) is 16.1. The van der Waals surface area contributed by atoms with Crippen LogP contribution in [0.2, 0.25) is 0 Å². The molecule has 1 saturated heterocycles. The number of anilines is 1. The Bertz CT molecular complexity index is 1050. The number of nitrogens with one attached hydrogen (secondary N) is 2. The minimum atomic E-state index is -3.46. The normalized spacial score (nSPS) is 20.1. The van der Waals surface area contributed by atoms with Crippen LogP contribution in [0.25, 0.3) is 5.57 Å². The van der Waals surface area contributed by atoms with Crippen LogP contribution in [-0.2, 0) is 10.0 Å². The molecule has 11 heteroatoms. The molecule has 3 N–H and O–H groups in total. The number of amides is 1. The molecule has 0 saturated carbocycles. The summed E-state index contributed by atoms with van der Waals surface area (Å²) < 4.78 is 27.6. The van der Waals surface area contributed by atoms with Gasteiger partial charge in [-0.2, -0.15) is 4.31 Å². The van der Waals surface area contributed by atoms with Crippen molar-refractivity contribution in [2.75, 3.05) is 31.1 Å². The number of sulfonamides is 1. The number of carbonyl (C=O) groups excluding carboxylic acids is 1. The van der Waals surface area contributed by atoms with Crippen LogP contribution in [0.5, 0.6) is 0 Å². The molecule has 0 spiro atoms. The molecule has 2 aromatic heterocycles. The van der Waals surface area contributed by atoms with Gasteiger partial charge in [-0.25, -0.2) is 23.9 Å². The smallest absolute Gasteiger partial charge is 0.277 e. The van der Waals surface area contributed by atoms with Crippen LogP contribution in [0.4, 0.5) is 5.95 Å². The van der Waals surface area contributed by atoms with Crippen molar-refractivity contribution in [2.45, 2.75) is 11.7 Å². The molecule has 3 heterocycles. The lowest BCUT2D eigenvalue weighted by Gasteiger charge is -2.35. The zero-order valence-corrected chi connectivity index (χ0v) is 16.9. The average Bonchev–Trinajstić information content (AvgIpc) is 3.34. The first-order valence-corrected chi connectivity index (χ1v) is 11.0. The van der Waals surface area contributed by atoms with E-state index in [9.17, 15) is 13.2 Å². The van der Waals surface area contributed by atoms with Gasteiger partial charge in [0.25, 0.3) is 5.91 Å². The maximum Gasteiger partial charge on any atom is 0.277 e. The number of piperazine rings is 1. The Morgan fingerprint density at radius 3 is 2.50 bits per heavy atom. The Morgan fingerprint density at radius 2 is 1.93 bits per heavy atom. The molecule has 1 unspecified atom stereocenters. The topological polar surface area (TPSA) is 132 Å². The van der Waals surface area contributed by atoms with E-state index in [1.165, 1.54) is 22.2 Å². The van der Waals surface area contributed by atoms with Gasteiger partial charge >= 0.3 is 0 Å². The van der Waals surface area contributed by atoms with Crippen molar-refractivity contribution in [1.29, 1.82) is 0 Å². The van der Waals surface area contributed by atoms with Gasteiger partial charge in [0.1, 0.15) is 0 Å². The number of allylic oxidation sites excluding steroid dienone is 3. The summed E-state index contributed by atoms with van der Waals surface area (Å²) in [6.07, 6.45) is 10.5. The van der Waals surface area contributed by atoms with Crippen LogP contribution in [0.15, 0.2) is 49.0 Å². The molecular weight excluding hydrogens is 408 g/mol. The number of aromatic amines is 1. The number of H-pyrrole nitrogens is 1. The van der Waals surface area contributed by atoms with Crippen LogP contribution in [0, 0.1) is 0 Å². The minimum Gasteiger partial charge on any atom is -0.361 e. The van der Waals surface area contributed by atoms with E-state index < -0.39 is 21.2 Å². The third-order valence-corrected chi connectivity index (χ3v) is 7.44. The van der Waals surface area contributed by atoms with Crippen LogP contribution in [0.1, 0.15) is 22.5 Å². The van der Waals surface area contributed by atoms with Crippen molar-refractivity contribution in [3.63, 3.8) is 0 Å². The maximum atomic E-state index is 13.0. The molecule has 1 aliphatic heterocycles. The molecule has 2 aliphatic rings. The number of hydrogen-bond acceptors (Lipinski definition) is 7. The lowest BCUT2D eigenvalue weighted by atomic mass is 10.0. The quantitative estimate of drug-likeness (QED) is 0.472. The SMILES string of the molecule is O=C(NO)c1cnc(N2CCN(S(=O)(=O)C3C=CC(c4ccc[nH]4)=CC3)CC2)nc1.